The lowest BCUT2D eigenvalue weighted by molar-refractivity contribution is -0.137. The molecule has 1 aliphatic rings. The zero-order valence-corrected chi connectivity index (χ0v) is 26.3. The minimum absolute atomic E-state index is 0.0169. The van der Waals surface area contributed by atoms with Crippen LogP contribution in [0, 0.1) is 17.6 Å². The molecule has 3 aromatic rings. The maximum Gasteiger partial charge on any atom is 0.417 e. The van der Waals surface area contributed by atoms with Gasteiger partial charge in [0.2, 0.25) is 5.91 Å². The molecule has 240 valence electrons. The van der Waals surface area contributed by atoms with Crippen molar-refractivity contribution < 1.29 is 41.1 Å². The van der Waals surface area contributed by atoms with Gasteiger partial charge in [0, 0.05) is 11.6 Å². The molecule has 0 aromatic heterocycles. The van der Waals surface area contributed by atoms with Crippen LogP contribution in [-0.4, -0.2) is 27.8 Å². The van der Waals surface area contributed by atoms with Crippen LogP contribution in [0.3, 0.4) is 0 Å². The summed E-state index contributed by atoms with van der Waals surface area (Å²) in [4.78, 5) is 38.2. The van der Waals surface area contributed by atoms with Crippen molar-refractivity contribution in [1.29, 1.82) is 0 Å². The van der Waals surface area contributed by atoms with Gasteiger partial charge in [-0.15, -0.1) is 23.2 Å². The molecule has 2 unspecified atom stereocenters. The number of benzene rings is 3. The molecule has 0 bridgehead atoms. The van der Waals surface area contributed by atoms with Gasteiger partial charge in [0.15, 0.2) is 5.82 Å². The van der Waals surface area contributed by atoms with Crippen molar-refractivity contribution in [3.05, 3.63) is 86.9 Å². The van der Waals surface area contributed by atoms with Gasteiger partial charge in [-0.1, -0.05) is 29.3 Å². The third-order valence-corrected chi connectivity index (χ3v) is 8.03. The standard InChI is InChI=1S/C29H22Cl4F5N3O4/c1-27(2,3)45-26(44)41-23-18(34)8-9-19(22(23)35)40-24(42)14-11-13(5-7-16(14)30)39-25(43)21-20(28(21,32)33)12-4-6-17(31)15(10-12)29(36,37)38/h4-11,20-21H,1-3H3,(H,39,43)(H,40,42)(H,41,44). The van der Waals surface area contributed by atoms with E-state index in [1.807, 2.05) is 5.32 Å². The van der Waals surface area contributed by atoms with Crippen LogP contribution in [0.1, 0.15) is 48.2 Å². The number of hydrogen-bond donors (Lipinski definition) is 3. The molecule has 1 saturated carbocycles. The van der Waals surface area contributed by atoms with Gasteiger partial charge in [-0.25, -0.2) is 13.6 Å². The SMILES string of the molecule is CC(C)(C)OC(=O)Nc1c(F)ccc(NC(=O)c2cc(NC(=O)C3C(c4ccc(Cl)c(C(F)(F)F)c4)C3(Cl)Cl)ccc2Cl)c1F. The number of alkyl halides is 5. The van der Waals surface area contributed by atoms with E-state index < -0.39 is 79.4 Å². The number of carbonyl (C=O) groups excluding carboxylic acids is 3. The molecule has 3 aromatic carbocycles. The van der Waals surface area contributed by atoms with E-state index >= 15 is 4.39 Å². The summed E-state index contributed by atoms with van der Waals surface area (Å²) < 4.78 is 72.7. The summed E-state index contributed by atoms with van der Waals surface area (Å²) >= 11 is 24.4. The molecule has 0 heterocycles. The second-order valence-electron chi connectivity index (χ2n) is 10.9. The van der Waals surface area contributed by atoms with Gasteiger partial charge in [0.1, 0.15) is 21.4 Å². The van der Waals surface area contributed by atoms with Crippen molar-refractivity contribution in [2.75, 3.05) is 16.0 Å². The van der Waals surface area contributed by atoms with Gasteiger partial charge >= 0.3 is 12.3 Å². The zero-order valence-electron chi connectivity index (χ0n) is 23.3. The lowest BCUT2D eigenvalue weighted by Crippen LogP contribution is -2.28. The van der Waals surface area contributed by atoms with E-state index in [0.717, 1.165) is 30.3 Å². The predicted molar refractivity (Wildman–Crippen MR) is 161 cm³/mol. The first-order chi connectivity index (χ1) is 20.7. The second kappa shape index (κ2) is 12.5. The Morgan fingerprint density at radius 2 is 1.51 bits per heavy atom. The summed E-state index contributed by atoms with van der Waals surface area (Å²) in [5, 5.41) is 6.02. The molecule has 0 spiro atoms. The molecule has 3 amide bonds. The van der Waals surface area contributed by atoms with Crippen LogP contribution >= 0.6 is 46.4 Å². The number of rotatable bonds is 6. The number of anilines is 3. The highest BCUT2D eigenvalue weighted by atomic mass is 35.5. The number of halogens is 9. The fourth-order valence-corrected chi connectivity index (χ4v) is 5.63. The Hall–Kier alpha value is -3.32. The quantitative estimate of drug-likeness (QED) is 0.175. The Bertz CT molecular complexity index is 1700. The first-order valence-corrected chi connectivity index (χ1v) is 14.4. The van der Waals surface area contributed by atoms with E-state index in [-0.39, 0.29) is 21.8 Å². The Balaban J connectivity index is 1.51. The van der Waals surface area contributed by atoms with Crippen LogP contribution in [0.5, 0.6) is 0 Å². The topological polar surface area (TPSA) is 96.5 Å². The Kier molecular flexibility index (Phi) is 9.57. The molecule has 1 fully saturated rings. The molecule has 7 nitrogen and oxygen atoms in total. The van der Waals surface area contributed by atoms with E-state index in [4.69, 9.17) is 51.1 Å². The van der Waals surface area contributed by atoms with Crippen LogP contribution in [0.2, 0.25) is 10.0 Å². The fourth-order valence-electron chi connectivity index (χ4n) is 4.38. The van der Waals surface area contributed by atoms with Gasteiger partial charge in [-0.05, 0) is 68.8 Å². The van der Waals surface area contributed by atoms with Crippen LogP contribution in [-0.2, 0) is 15.7 Å². The molecule has 0 aliphatic heterocycles. The molecular formula is C29H22Cl4F5N3O4. The van der Waals surface area contributed by atoms with E-state index in [0.29, 0.717) is 0 Å². The number of ether oxygens (including phenoxy) is 1. The Morgan fingerprint density at radius 3 is 2.13 bits per heavy atom. The van der Waals surface area contributed by atoms with Gasteiger partial charge in [-0.3, -0.25) is 14.9 Å². The van der Waals surface area contributed by atoms with Crippen molar-refractivity contribution >= 4 is 81.4 Å². The highest BCUT2D eigenvalue weighted by Crippen LogP contribution is 2.65. The summed E-state index contributed by atoms with van der Waals surface area (Å²) in [5.74, 6) is -6.39. The molecule has 3 N–H and O–H groups in total. The van der Waals surface area contributed by atoms with Gasteiger partial charge in [-0.2, -0.15) is 13.2 Å². The first-order valence-electron chi connectivity index (χ1n) is 12.8. The van der Waals surface area contributed by atoms with E-state index in [1.165, 1.54) is 18.2 Å². The highest BCUT2D eigenvalue weighted by Gasteiger charge is 2.67. The monoisotopic (exact) mass is 711 g/mol. The van der Waals surface area contributed by atoms with Crippen molar-refractivity contribution in [1.82, 2.24) is 0 Å². The number of carbonyl (C=O) groups is 3. The molecular weight excluding hydrogens is 691 g/mol. The molecule has 2 atom stereocenters. The highest BCUT2D eigenvalue weighted by molar-refractivity contribution is 6.53. The zero-order chi connectivity index (χ0) is 33.6. The average Bonchev–Trinajstić information content (AvgIpc) is 3.49. The Morgan fingerprint density at radius 1 is 0.867 bits per heavy atom. The van der Waals surface area contributed by atoms with Crippen LogP contribution in [0.25, 0.3) is 0 Å². The van der Waals surface area contributed by atoms with Crippen molar-refractivity contribution in [2.45, 2.75) is 42.8 Å². The maximum atomic E-state index is 15.1. The van der Waals surface area contributed by atoms with E-state index in [1.54, 1.807) is 20.8 Å². The minimum Gasteiger partial charge on any atom is -0.444 e. The third kappa shape index (κ3) is 7.74. The minimum atomic E-state index is -4.76. The van der Waals surface area contributed by atoms with Crippen LogP contribution in [0.4, 0.5) is 43.8 Å². The van der Waals surface area contributed by atoms with Crippen molar-refractivity contribution in [3.8, 4) is 0 Å². The normalized spacial score (nSPS) is 17.3. The van der Waals surface area contributed by atoms with Crippen molar-refractivity contribution in [3.63, 3.8) is 0 Å². The molecule has 1 aliphatic carbocycles. The van der Waals surface area contributed by atoms with Crippen LogP contribution in [0.15, 0.2) is 48.5 Å². The number of nitrogens with one attached hydrogen (secondary N) is 3. The average molecular weight is 713 g/mol. The summed E-state index contributed by atoms with van der Waals surface area (Å²) in [7, 11) is 0. The van der Waals surface area contributed by atoms with E-state index in [2.05, 4.69) is 10.6 Å². The predicted octanol–water partition coefficient (Wildman–Crippen LogP) is 9.42. The fraction of sp³-hybridized carbons (Fsp3) is 0.276. The Labute approximate surface area is 273 Å². The van der Waals surface area contributed by atoms with Gasteiger partial charge < -0.3 is 15.4 Å². The molecule has 0 saturated heterocycles. The van der Waals surface area contributed by atoms with Gasteiger partial charge in [0.05, 0.1) is 32.8 Å². The lowest BCUT2D eigenvalue weighted by Gasteiger charge is -2.20. The molecule has 45 heavy (non-hydrogen) atoms. The smallest absolute Gasteiger partial charge is 0.417 e. The summed E-state index contributed by atoms with van der Waals surface area (Å²) in [6.07, 6.45) is -5.89. The molecule has 16 heteroatoms. The van der Waals surface area contributed by atoms with Gasteiger partial charge in [0.25, 0.3) is 5.91 Å². The molecule has 4 rings (SSSR count). The lowest BCUT2D eigenvalue weighted by atomic mass is 10.0. The van der Waals surface area contributed by atoms with Crippen molar-refractivity contribution in [2.24, 2.45) is 5.92 Å². The van der Waals surface area contributed by atoms with Crippen LogP contribution < -0.4 is 16.0 Å². The number of amides is 3. The molecule has 0 radical (unpaired) electrons. The first kappa shape index (κ1) is 34.6. The largest absolute Gasteiger partial charge is 0.444 e. The summed E-state index contributed by atoms with van der Waals surface area (Å²) in [5.41, 5.74) is -3.66. The number of hydrogen-bond acceptors (Lipinski definition) is 4. The maximum absolute atomic E-state index is 15.1. The second-order valence-corrected chi connectivity index (χ2v) is 13.2. The summed E-state index contributed by atoms with van der Waals surface area (Å²) in [6, 6.07) is 8.51. The summed E-state index contributed by atoms with van der Waals surface area (Å²) in [6.45, 7) is 4.65. The van der Waals surface area contributed by atoms with E-state index in [9.17, 15) is 31.9 Å². The third-order valence-electron chi connectivity index (χ3n) is 6.43.